The van der Waals surface area contributed by atoms with Gasteiger partial charge in [0, 0.05) is 39.3 Å². The van der Waals surface area contributed by atoms with Crippen LogP contribution in [0.25, 0.3) is 0 Å². The first-order chi connectivity index (χ1) is 10.4. The van der Waals surface area contributed by atoms with Gasteiger partial charge in [0.25, 0.3) is 10.2 Å². The van der Waals surface area contributed by atoms with Gasteiger partial charge in [0.2, 0.25) is 0 Å². The predicted molar refractivity (Wildman–Crippen MR) is 91.6 cm³/mol. The van der Waals surface area contributed by atoms with Crippen LogP contribution in [0.3, 0.4) is 0 Å². The summed E-state index contributed by atoms with van der Waals surface area (Å²) in [6.45, 7) is 1.40. The van der Waals surface area contributed by atoms with Gasteiger partial charge < -0.3 is 10.6 Å². The van der Waals surface area contributed by atoms with Crippen LogP contribution in [0.1, 0.15) is 12.8 Å². The van der Waals surface area contributed by atoms with Crippen molar-refractivity contribution in [2.75, 3.05) is 37.8 Å². The number of aromatic nitrogens is 2. The van der Waals surface area contributed by atoms with Crippen LogP contribution in [-0.4, -0.2) is 55.9 Å². The quantitative estimate of drug-likeness (QED) is 0.769. The zero-order valence-electron chi connectivity index (χ0n) is 13.2. The Morgan fingerprint density at radius 2 is 2.00 bits per heavy atom. The van der Waals surface area contributed by atoms with Gasteiger partial charge in [0.1, 0.15) is 18.0 Å². The molecule has 8 nitrogen and oxygen atoms in total. The minimum atomic E-state index is -3.43. The van der Waals surface area contributed by atoms with Gasteiger partial charge in [-0.25, -0.2) is 9.97 Å². The third kappa shape index (κ3) is 4.03. The first kappa shape index (κ1) is 18.2. The third-order valence-corrected chi connectivity index (χ3v) is 5.93. The van der Waals surface area contributed by atoms with Gasteiger partial charge in [-0.1, -0.05) is 0 Å². The van der Waals surface area contributed by atoms with Gasteiger partial charge in [0.15, 0.2) is 0 Å². The molecule has 1 aromatic heterocycles. The molecule has 0 amide bonds. The summed E-state index contributed by atoms with van der Waals surface area (Å²) in [5.74, 6) is 2.08. The van der Waals surface area contributed by atoms with Crippen molar-refractivity contribution < 1.29 is 8.42 Å². The molecule has 0 bridgehead atoms. The second kappa shape index (κ2) is 6.76. The van der Waals surface area contributed by atoms with Crippen molar-refractivity contribution >= 4 is 34.3 Å². The molecule has 3 rings (SSSR count). The Labute approximate surface area is 143 Å². The highest BCUT2D eigenvalue weighted by Crippen LogP contribution is 2.42. The monoisotopic (exact) mass is 362 g/mol. The molecule has 2 atom stereocenters. The SMILES string of the molecule is CN(C)S(=O)(=O)N[C@H]1CN(c2cc(N)ncn2)C[C@@H]1C1CC1.Cl. The maximum Gasteiger partial charge on any atom is 0.279 e. The maximum absolute atomic E-state index is 12.1. The summed E-state index contributed by atoms with van der Waals surface area (Å²) in [6, 6.07) is 1.63. The van der Waals surface area contributed by atoms with Crippen LogP contribution in [0.15, 0.2) is 12.4 Å². The first-order valence-corrected chi connectivity index (χ1v) is 8.83. The molecule has 1 saturated carbocycles. The fourth-order valence-electron chi connectivity index (χ4n) is 2.97. The summed E-state index contributed by atoms with van der Waals surface area (Å²) in [4.78, 5) is 10.2. The molecule has 2 fully saturated rings. The van der Waals surface area contributed by atoms with E-state index in [1.807, 2.05) is 0 Å². The van der Waals surface area contributed by atoms with Crippen LogP contribution in [0.2, 0.25) is 0 Å². The summed E-state index contributed by atoms with van der Waals surface area (Å²) < 4.78 is 28.3. The molecule has 1 aliphatic carbocycles. The van der Waals surface area contributed by atoms with Gasteiger partial charge >= 0.3 is 0 Å². The average Bonchev–Trinajstić information content (AvgIpc) is 3.20. The summed E-state index contributed by atoms with van der Waals surface area (Å²) in [6.07, 6.45) is 3.78. The molecule has 2 heterocycles. The highest BCUT2D eigenvalue weighted by atomic mass is 35.5. The van der Waals surface area contributed by atoms with E-state index in [9.17, 15) is 8.42 Å². The molecule has 1 aliphatic heterocycles. The van der Waals surface area contributed by atoms with E-state index >= 15 is 0 Å². The minimum absolute atomic E-state index is 0. The van der Waals surface area contributed by atoms with Crippen molar-refractivity contribution in [3.63, 3.8) is 0 Å². The second-order valence-corrected chi connectivity index (χ2v) is 8.14. The van der Waals surface area contributed by atoms with Crippen LogP contribution in [0.4, 0.5) is 11.6 Å². The first-order valence-electron chi connectivity index (χ1n) is 7.39. The molecular formula is C13H23ClN6O2S. The van der Waals surface area contributed by atoms with Gasteiger partial charge in [0.05, 0.1) is 0 Å². The molecule has 23 heavy (non-hydrogen) atoms. The zero-order valence-corrected chi connectivity index (χ0v) is 14.8. The topological polar surface area (TPSA) is 104 Å². The number of nitrogens with one attached hydrogen (secondary N) is 1. The van der Waals surface area contributed by atoms with Crippen LogP contribution in [0, 0.1) is 11.8 Å². The van der Waals surface area contributed by atoms with E-state index in [1.165, 1.54) is 37.6 Å². The molecule has 0 aromatic carbocycles. The minimum Gasteiger partial charge on any atom is -0.384 e. The number of halogens is 1. The van der Waals surface area contributed by atoms with Crippen molar-refractivity contribution in [1.29, 1.82) is 0 Å². The van der Waals surface area contributed by atoms with E-state index in [1.54, 1.807) is 6.07 Å². The molecule has 2 aliphatic rings. The van der Waals surface area contributed by atoms with Crippen molar-refractivity contribution in [2.24, 2.45) is 11.8 Å². The molecule has 1 saturated heterocycles. The Kier molecular flexibility index (Phi) is 5.34. The van der Waals surface area contributed by atoms with Crippen LogP contribution in [-0.2, 0) is 10.2 Å². The van der Waals surface area contributed by atoms with E-state index in [0.29, 0.717) is 24.2 Å². The van der Waals surface area contributed by atoms with E-state index in [0.717, 1.165) is 12.4 Å². The van der Waals surface area contributed by atoms with Crippen molar-refractivity contribution in [1.82, 2.24) is 19.0 Å². The molecule has 3 N–H and O–H groups in total. The van der Waals surface area contributed by atoms with E-state index in [2.05, 4.69) is 19.6 Å². The second-order valence-electron chi connectivity index (χ2n) is 6.22. The molecule has 0 radical (unpaired) electrons. The van der Waals surface area contributed by atoms with Crippen LogP contribution < -0.4 is 15.4 Å². The average molecular weight is 363 g/mol. The molecule has 10 heteroatoms. The third-order valence-electron chi connectivity index (χ3n) is 4.37. The van der Waals surface area contributed by atoms with E-state index in [4.69, 9.17) is 5.73 Å². The largest absolute Gasteiger partial charge is 0.384 e. The Bertz CT molecular complexity index is 652. The molecule has 0 spiro atoms. The molecule has 130 valence electrons. The number of nitrogens with zero attached hydrogens (tertiary/aromatic N) is 4. The lowest BCUT2D eigenvalue weighted by Gasteiger charge is -2.21. The fourth-order valence-corrected chi connectivity index (χ4v) is 3.82. The highest BCUT2D eigenvalue weighted by molar-refractivity contribution is 7.87. The number of nitrogens with two attached hydrogens (primary N) is 1. The Balaban J connectivity index is 0.00000192. The number of rotatable bonds is 5. The Morgan fingerprint density at radius 1 is 1.30 bits per heavy atom. The number of nitrogen functional groups attached to an aromatic ring is 1. The normalized spacial score (nSPS) is 24.7. The van der Waals surface area contributed by atoms with Crippen LogP contribution in [0.5, 0.6) is 0 Å². The van der Waals surface area contributed by atoms with E-state index in [-0.39, 0.29) is 18.4 Å². The summed E-state index contributed by atoms with van der Waals surface area (Å²) in [7, 11) is -0.367. The van der Waals surface area contributed by atoms with E-state index < -0.39 is 10.2 Å². The standard InChI is InChI=1S/C13H22N6O2S.ClH/c1-18(2)22(20,21)17-11-7-19(6-10(11)9-3-4-9)13-5-12(14)15-8-16-13;/h5,8-11,17H,3-4,6-7H2,1-2H3,(H2,14,15,16);1H/t10-,11+;/m1./s1. The summed E-state index contributed by atoms with van der Waals surface area (Å²) >= 11 is 0. The van der Waals surface area contributed by atoms with Gasteiger partial charge in [-0.15, -0.1) is 12.4 Å². The van der Waals surface area contributed by atoms with Crippen molar-refractivity contribution in [2.45, 2.75) is 18.9 Å². The number of hydrogen-bond donors (Lipinski definition) is 2. The lowest BCUT2D eigenvalue weighted by atomic mass is 9.99. The van der Waals surface area contributed by atoms with Crippen molar-refractivity contribution in [3.8, 4) is 0 Å². The van der Waals surface area contributed by atoms with Gasteiger partial charge in [-0.3, -0.25) is 0 Å². The Morgan fingerprint density at radius 3 is 2.57 bits per heavy atom. The molecule has 0 unspecified atom stereocenters. The number of hydrogen-bond acceptors (Lipinski definition) is 6. The number of anilines is 2. The Hall–Kier alpha value is -1.16. The van der Waals surface area contributed by atoms with Crippen LogP contribution >= 0.6 is 12.4 Å². The van der Waals surface area contributed by atoms with Crippen molar-refractivity contribution in [3.05, 3.63) is 12.4 Å². The fraction of sp³-hybridized carbons (Fsp3) is 0.692. The highest BCUT2D eigenvalue weighted by Gasteiger charge is 2.44. The predicted octanol–water partition coefficient (Wildman–Crippen LogP) is 0.0914. The summed E-state index contributed by atoms with van der Waals surface area (Å²) in [5.41, 5.74) is 5.71. The van der Waals surface area contributed by atoms with Gasteiger partial charge in [-0.2, -0.15) is 17.4 Å². The zero-order chi connectivity index (χ0) is 15.9. The maximum atomic E-state index is 12.1. The summed E-state index contributed by atoms with van der Waals surface area (Å²) in [5, 5.41) is 0. The van der Waals surface area contributed by atoms with Gasteiger partial charge in [-0.05, 0) is 24.7 Å². The lowest BCUT2D eigenvalue weighted by molar-refractivity contribution is 0.413. The molecule has 1 aromatic rings. The smallest absolute Gasteiger partial charge is 0.279 e. The molecular weight excluding hydrogens is 340 g/mol. The lowest BCUT2D eigenvalue weighted by Crippen LogP contribution is -2.46.